The van der Waals surface area contributed by atoms with Crippen LogP contribution in [0.4, 0.5) is 0 Å². The number of aromatic carboxylic acids is 1. The number of rotatable bonds is 3. The molecule has 7 nitrogen and oxygen atoms in total. The monoisotopic (exact) mass is 284 g/mol. The van der Waals surface area contributed by atoms with Crippen molar-refractivity contribution in [1.29, 1.82) is 0 Å². The maximum Gasteiger partial charge on any atom is 0.337 e. The molecular weight excluding hydrogens is 272 g/mol. The van der Waals surface area contributed by atoms with E-state index in [1.54, 1.807) is 0 Å². The fraction of sp³-hybridized carbons (Fsp3) is 0.364. The number of amides is 1. The smallest absolute Gasteiger partial charge is 0.337 e. The Labute approximate surface area is 109 Å². The standard InChI is InChI=1S/C11H12N2O5S/c1-11(2)10(16)13(19(11,17)18)6-8-4-3-7(5-12-8)9(14)15/h3-5H,6H2,1-2H3,(H,14,15). The number of carbonyl (C=O) groups is 2. The summed E-state index contributed by atoms with van der Waals surface area (Å²) in [5, 5.41) is 8.71. The summed E-state index contributed by atoms with van der Waals surface area (Å²) in [5.41, 5.74) is 0.319. The van der Waals surface area contributed by atoms with Crippen LogP contribution >= 0.6 is 0 Å². The van der Waals surface area contributed by atoms with E-state index in [9.17, 15) is 18.0 Å². The number of pyridine rings is 1. The molecule has 1 aromatic rings. The van der Waals surface area contributed by atoms with Gasteiger partial charge >= 0.3 is 5.97 Å². The SMILES string of the molecule is CC1(C)C(=O)N(Cc2ccc(C(=O)O)cn2)S1(=O)=O. The third kappa shape index (κ3) is 1.88. The molecule has 0 aromatic carbocycles. The second kappa shape index (κ2) is 4.02. The molecule has 2 heterocycles. The molecule has 102 valence electrons. The van der Waals surface area contributed by atoms with E-state index >= 15 is 0 Å². The summed E-state index contributed by atoms with van der Waals surface area (Å²) < 4.78 is 23.0. The van der Waals surface area contributed by atoms with Gasteiger partial charge in [-0.1, -0.05) is 0 Å². The van der Waals surface area contributed by atoms with Crippen molar-refractivity contribution in [2.75, 3.05) is 0 Å². The zero-order chi connectivity index (χ0) is 14.4. The van der Waals surface area contributed by atoms with E-state index in [4.69, 9.17) is 5.11 Å². The quantitative estimate of drug-likeness (QED) is 0.852. The zero-order valence-electron chi connectivity index (χ0n) is 10.3. The van der Waals surface area contributed by atoms with Gasteiger partial charge in [-0.2, -0.15) is 0 Å². The molecule has 2 rings (SSSR count). The van der Waals surface area contributed by atoms with Crippen molar-refractivity contribution < 1.29 is 23.1 Å². The van der Waals surface area contributed by atoms with Gasteiger partial charge in [0.05, 0.1) is 17.8 Å². The number of carboxylic acid groups (broad SMARTS) is 1. The molecule has 0 unspecified atom stereocenters. The van der Waals surface area contributed by atoms with Crippen molar-refractivity contribution in [3.8, 4) is 0 Å². The second-order valence-electron chi connectivity index (χ2n) is 4.67. The molecule has 1 saturated heterocycles. The number of hydrogen-bond acceptors (Lipinski definition) is 5. The Morgan fingerprint density at radius 1 is 1.42 bits per heavy atom. The molecule has 1 amide bonds. The van der Waals surface area contributed by atoms with E-state index in [1.807, 2.05) is 0 Å². The van der Waals surface area contributed by atoms with Gasteiger partial charge in [0.2, 0.25) is 0 Å². The average molecular weight is 284 g/mol. The predicted octanol–water partition coefficient (Wildman–Crippen LogP) is 0.230. The lowest BCUT2D eigenvalue weighted by molar-refractivity contribution is -0.132. The molecule has 19 heavy (non-hydrogen) atoms. The summed E-state index contributed by atoms with van der Waals surface area (Å²) in [6.07, 6.45) is 1.12. The predicted molar refractivity (Wildman–Crippen MR) is 64.7 cm³/mol. The van der Waals surface area contributed by atoms with E-state index < -0.39 is 26.6 Å². The minimum absolute atomic E-state index is 0.00173. The van der Waals surface area contributed by atoms with Crippen LogP contribution in [0.2, 0.25) is 0 Å². The first kappa shape index (κ1) is 13.5. The summed E-state index contributed by atoms with van der Waals surface area (Å²) in [7, 11) is -3.65. The number of hydrogen-bond donors (Lipinski definition) is 1. The van der Waals surface area contributed by atoms with Crippen molar-refractivity contribution >= 4 is 21.9 Å². The number of nitrogens with zero attached hydrogens (tertiary/aromatic N) is 2. The van der Waals surface area contributed by atoms with Crippen molar-refractivity contribution in [3.05, 3.63) is 29.6 Å². The highest BCUT2D eigenvalue weighted by atomic mass is 32.2. The summed E-state index contributed by atoms with van der Waals surface area (Å²) in [6, 6.07) is 2.70. The topological polar surface area (TPSA) is 105 Å². The van der Waals surface area contributed by atoms with Crippen LogP contribution < -0.4 is 0 Å². The van der Waals surface area contributed by atoms with E-state index in [-0.39, 0.29) is 12.1 Å². The molecule has 0 atom stereocenters. The third-order valence-electron chi connectivity index (χ3n) is 3.05. The Morgan fingerprint density at radius 2 is 2.05 bits per heavy atom. The molecule has 1 aliphatic heterocycles. The second-order valence-corrected chi connectivity index (χ2v) is 7.08. The average Bonchev–Trinajstić information content (AvgIpc) is 2.35. The van der Waals surface area contributed by atoms with Crippen LogP contribution in [0.3, 0.4) is 0 Å². The van der Waals surface area contributed by atoms with Gasteiger partial charge in [-0.3, -0.25) is 9.78 Å². The van der Waals surface area contributed by atoms with Crippen LogP contribution in [0.1, 0.15) is 29.9 Å². The molecule has 0 bridgehead atoms. The van der Waals surface area contributed by atoms with E-state index in [2.05, 4.69) is 4.98 Å². The van der Waals surface area contributed by atoms with Crippen molar-refractivity contribution in [2.45, 2.75) is 25.1 Å². The maximum atomic E-state index is 11.8. The first-order chi connectivity index (χ1) is 8.68. The summed E-state index contributed by atoms with van der Waals surface area (Å²) >= 11 is 0. The van der Waals surface area contributed by atoms with Crippen molar-refractivity contribution in [3.63, 3.8) is 0 Å². The van der Waals surface area contributed by atoms with E-state index in [0.29, 0.717) is 5.69 Å². The first-order valence-electron chi connectivity index (χ1n) is 5.43. The summed E-state index contributed by atoms with van der Waals surface area (Å²) in [4.78, 5) is 26.2. The Morgan fingerprint density at radius 3 is 2.47 bits per heavy atom. The molecule has 1 N–H and O–H groups in total. The highest BCUT2D eigenvalue weighted by molar-refractivity contribution is 7.94. The Balaban J connectivity index is 2.20. The van der Waals surface area contributed by atoms with Gasteiger partial charge in [0.1, 0.15) is 0 Å². The van der Waals surface area contributed by atoms with Gasteiger partial charge in [0, 0.05) is 6.20 Å². The lowest BCUT2D eigenvalue weighted by Gasteiger charge is -2.42. The number of aromatic nitrogens is 1. The van der Waals surface area contributed by atoms with Gasteiger partial charge in [-0.15, -0.1) is 0 Å². The van der Waals surface area contributed by atoms with Gasteiger partial charge in [-0.05, 0) is 26.0 Å². The Hall–Kier alpha value is -1.96. The zero-order valence-corrected chi connectivity index (χ0v) is 11.1. The minimum Gasteiger partial charge on any atom is -0.478 e. The van der Waals surface area contributed by atoms with Crippen LogP contribution in [0.5, 0.6) is 0 Å². The highest BCUT2D eigenvalue weighted by Crippen LogP contribution is 2.35. The van der Waals surface area contributed by atoms with Crippen LogP contribution in [0.25, 0.3) is 0 Å². The maximum absolute atomic E-state index is 11.8. The molecule has 0 radical (unpaired) electrons. The molecule has 0 aliphatic carbocycles. The number of carboxylic acids is 1. The number of carbonyl (C=O) groups excluding carboxylic acids is 1. The van der Waals surface area contributed by atoms with Gasteiger partial charge in [0.25, 0.3) is 15.9 Å². The van der Waals surface area contributed by atoms with Crippen LogP contribution in [-0.4, -0.2) is 39.4 Å². The molecule has 1 aliphatic rings. The number of sulfonamides is 1. The normalized spacial score (nSPS) is 19.9. The fourth-order valence-electron chi connectivity index (χ4n) is 1.70. The van der Waals surface area contributed by atoms with Crippen molar-refractivity contribution in [1.82, 2.24) is 9.29 Å². The molecular formula is C11H12N2O5S. The largest absolute Gasteiger partial charge is 0.478 e. The molecule has 1 fully saturated rings. The first-order valence-corrected chi connectivity index (χ1v) is 6.87. The lowest BCUT2D eigenvalue weighted by atomic mass is 10.2. The van der Waals surface area contributed by atoms with Gasteiger partial charge in [-0.25, -0.2) is 17.5 Å². The molecule has 0 spiro atoms. The summed E-state index contributed by atoms with van der Waals surface area (Å²) in [6.45, 7) is 2.52. The van der Waals surface area contributed by atoms with Crippen LogP contribution in [0, 0.1) is 0 Å². The molecule has 0 saturated carbocycles. The van der Waals surface area contributed by atoms with Gasteiger partial charge in [0.15, 0.2) is 4.75 Å². The van der Waals surface area contributed by atoms with E-state index in [1.165, 1.54) is 26.0 Å². The summed E-state index contributed by atoms with van der Waals surface area (Å²) in [5.74, 6) is -1.61. The Bertz CT molecular complexity index is 648. The lowest BCUT2D eigenvalue weighted by Crippen LogP contribution is -2.66. The fourth-order valence-corrected chi connectivity index (χ4v) is 3.20. The van der Waals surface area contributed by atoms with Crippen LogP contribution in [0.15, 0.2) is 18.3 Å². The van der Waals surface area contributed by atoms with Gasteiger partial charge < -0.3 is 5.11 Å². The highest BCUT2D eigenvalue weighted by Gasteiger charge is 2.59. The minimum atomic E-state index is -3.65. The molecule has 1 aromatic heterocycles. The van der Waals surface area contributed by atoms with Crippen molar-refractivity contribution in [2.24, 2.45) is 0 Å². The van der Waals surface area contributed by atoms with E-state index in [0.717, 1.165) is 10.5 Å². The van der Waals surface area contributed by atoms with Crippen LogP contribution in [-0.2, 0) is 21.4 Å². The third-order valence-corrected chi connectivity index (χ3v) is 5.39. The Kier molecular flexibility index (Phi) is 2.85. The molecule has 8 heteroatoms.